The first kappa shape index (κ1) is 21.0. The molecule has 1 aliphatic rings. The molecule has 2 aromatic heterocycles. The highest BCUT2D eigenvalue weighted by atomic mass is 35.5. The summed E-state index contributed by atoms with van der Waals surface area (Å²) in [6.07, 6.45) is 4.25. The van der Waals surface area contributed by atoms with Crippen molar-refractivity contribution in [2.75, 3.05) is 11.9 Å². The molecule has 2 aromatic carbocycles. The van der Waals surface area contributed by atoms with Crippen LogP contribution in [0.3, 0.4) is 0 Å². The Hall–Kier alpha value is -3.84. The Bertz CT molecular complexity index is 1350. The Morgan fingerprint density at radius 1 is 1.03 bits per heavy atom. The third-order valence-electron chi connectivity index (χ3n) is 5.77. The fourth-order valence-electron chi connectivity index (χ4n) is 4.06. The van der Waals surface area contributed by atoms with Crippen molar-refractivity contribution in [1.29, 1.82) is 0 Å². The van der Waals surface area contributed by atoms with Crippen LogP contribution in [0.5, 0.6) is 0 Å². The minimum atomic E-state index is -0.339. The molecule has 0 saturated carbocycles. The van der Waals surface area contributed by atoms with E-state index in [0.29, 0.717) is 41.4 Å². The first-order valence-electron chi connectivity index (χ1n) is 10.7. The number of rotatable bonds is 4. The van der Waals surface area contributed by atoms with Gasteiger partial charge >= 0.3 is 6.03 Å². The quantitative estimate of drug-likeness (QED) is 0.471. The van der Waals surface area contributed by atoms with Crippen LogP contribution in [0, 0.1) is 0 Å². The number of urea groups is 1. The Morgan fingerprint density at radius 3 is 2.73 bits per heavy atom. The van der Waals surface area contributed by atoms with Crippen LogP contribution in [-0.2, 0) is 19.5 Å². The molecule has 0 atom stereocenters. The Labute approximate surface area is 196 Å². The molecule has 0 bridgehead atoms. The van der Waals surface area contributed by atoms with E-state index in [1.165, 1.54) is 11.1 Å². The molecule has 8 heteroatoms. The van der Waals surface area contributed by atoms with Gasteiger partial charge in [0.15, 0.2) is 0 Å². The van der Waals surface area contributed by atoms with Crippen LogP contribution in [0.4, 0.5) is 10.5 Å². The van der Waals surface area contributed by atoms with Crippen LogP contribution < -0.4 is 10.6 Å². The standard InChI is InChI=1S/C25H22ClN5O2/c26-20-6-3-7-21(13-20)29-25(33)27-14-17-8-11-31-23(12-17)22(15-28-31)24(32)30-10-9-18-4-1-2-5-19(18)16-30/h1-8,11-13,15H,9-10,14,16H2,(H2,27,29,33). The highest BCUT2D eigenvalue weighted by Crippen LogP contribution is 2.22. The molecule has 3 heterocycles. The Kier molecular flexibility index (Phi) is 5.71. The normalized spacial score (nSPS) is 12.9. The van der Waals surface area contributed by atoms with E-state index in [-0.39, 0.29) is 11.9 Å². The van der Waals surface area contributed by atoms with Gasteiger partial charge in [-0.2, -0.15) is 5.10 Å². The van der Waals surface area contributed by atoms with Crippen molar-refractivity contribution < 1.29 is 9.59 Å². The highest BCUT2D eigenvalue weighted by Gasteiger charge is 2.24. The van der Waals surface area contributed by atoms with Crippen molar-refractivity contribution in [3.8, 4) is 0 Å². The molecule has 0 fully saturated rings. The van der Waals surface area contributed by atoms with Crippen molar-refractivity contribution in [1.82, 2.24) is 19.8 Å². The van der Waals surface area contributed by atoms with Crippen LogP contribution in [0.1, 0.15) is 27.0 Å². The van der Waals surface area contributed by atoms with Gasteiger partial charge in [-0.1, -0.05) is 41.9 Å². The number of hydrogen-bond donors (Lipinski definition) is 2. The van der Waals surface area contributed by atoms with Crippen molar-refractivity contribution in [3.05, 3.63) is 100 Å². The van der Waals surface area contributed by atoms with E-state index in [1.807, 2.05) is 29.2 Å². The Morgan fingerprint density at radius 2 is 1.88 bits per heavy atom. The lowest BCUT2D eigenvalue weighted by Gasteiger charge is -2.28. The summed E-state index contributed by atoms with van der Waals surface area (Å²) in [6.45, 7) is 1.58. The molecule has 0 spiro atoms. The van der Waals surface area contributed by atoms with Gasteiger partial charge in [0.1, 0.15) is 0 Å². The van der Waals surface area contributed by atoms with Crippen LogP contribution in [0.25, 0.3) is 5.52 Å². The second-order valence-electron chi connectivity index (χ2n) is 7.99. The fraction of sp³-hybridized carbons (Fsp3) is 0.160. The van der Waals surface area contributed by atoms with E-state index < -0.39 is 0 Å². The zero-order chi connectivity index (χ0) is 22.8. The van der Waals surface area contributed by atoms with Crippen LogP contribution in [0.15, 0.2) is 73.1 Å². The third-order valence-corrected chi connectivity index (χ3v) is 6.00. The maximum Gasteiger partial charge on any atom is 0.319 e. The second-order valence-corrected chi connectivity index (χ2v) is 8.42. The molecule has 1 aliphatic heterocycles. The molecular weight excluding hydrogens is 438 g/mol. The van der Waals surface area contributed by atoms with Gasteiger partial charge in [0.05, 0.1) is 17.3 Å². The van der Waals surface area contributed by atoms with Gasteiger partial charge in [0.25, 0.3) is 5.91 Å². The van der Waals surface area contributed by atoms with Gasteiger partial charge in [-0.05, 0) is 53.4 Å². The van der Waals surface area contributed by atoms with Crippen LogP contribution >= 0.6 is 11.6 Å². The summed E-state index contributed by atoms with van der Waals surface area (Å²) in [5, 5.41) is 10.5. The number of fused-ring (bicyclic) bond motifs is 2. The van der Waals surface area contributed by atoms with E-state index in [1.54, 1.807) is 41.2 Å². The van der Waals surface area contributed by atoms with Crippen molar-refractivity contribution in [3.63, 3.8) is 0 Å². The second kappa shape index (κ2) is 8.96. The molecule has 5 rings (SSSR count). The Balaban J connectivity index is 1.29. The first-order chi connectivity index (χ1) is 16.1. The van der Waals surface area contributed by atoms with Gasteiger partial charge in [-0.25, -0.2) is 9.31 Å². The molecule has 2 N–H and O–H groups in total. The van der Waals surface area contributed by atoms with Gasteiger partial charge < -0.3 is 15.5 Å². The molecule has 3 amide bonds. The summed E-state index contributed by atoms with van der Waals surface area (Å²) in [5.41, 5.74) is 5.23. The molecule has 33 heavy (non-hydrogen) atoms. The van der Waals surface area contributed by atoms with E-state index in [9.17, 15) is 9.59 Å². The lowest BCUT2D eigenvalue weighted by Crippen LogP contribution is -2.35. The number of carbonyl (C=O) groups excluding carboxylic acids is 2. The molecule has 0 saturated heterocycles. The van der Waals surface area contributed by atoms with Crippen LogP contribution in [0.2, 0.25) is 5.02 Å². The third kappa shape index (κ3) is 4.54. The highest BCUT2D eigenvalue weighted by molar-refractivity contribution is 6.30. The SMILES string of the molecule is O=C(NCc1ccn2ncc(C(=O)N3CCc4ccccc4C3)c2c1)Nc1cccc(Cl)c1. The molecule has 0 radical (unpaired) electrons. The number of pyridine rings is 1. The molecular formula is C25H22ClN5O2. The molecule has 0 aliphatic carbocycles. The predicted octanol–water partition coefficient (Wildman–Crippen LogP) is 4.51. The summed E-state index contributed by atoms with van der Waals surface area (Å²) in [4.78, 5) is 27.4. The van der Waals surface area contributed by atoms with Crippen LogP contribution in [-0.4, -0.2) is 33.0 Å². The smallest absolute Gasteiger partial charge is 0.319 e. The first-order valence-corrected chi connectivity index (χ1v) is 11.1. The summed E-state index contributed by atoms with van der Waals surface area (Å²) in [6, 6.07) is 18.6. The maximum atomic E-state index is 13.3. The molecule has 0 unspecified atom stereocenters. The summed E-state index contributed by atoms with van der Waals surface area (Å²) >= 11 is 5.96. The van der Waals surface area contributed by atoms with Gasteiger partial charge in [-0.15, -0.1) is 0 Å². The fourth-order valence-corrected chi connectivity index (χ4v) is 4.25. The number of nitrogens with zero attached hydrogens (tertiary/aromatic N) is 3. The lowest BCUT2D eigenvalue weighted by atomic mass is 9.99. The minimum Gasteiger partial charge on any atom is -0.334 e. The molecule has 4 aromatic rings. The predicted molar refractivity (Wildman–Crippen MR) is 127 cm³/mol. The van der Waals surface area contributed by atoms with Crippen molar-refractivity contribution >= 4 is 34.7 Å². The number of hydrogen-bond acceptors (Lipinski definition) is 3. The number of aromatic nitrogens is 2. The zero-order valence-corrected chi connectivity index (χ0v) is 18.5. The maximum absolute atomic E-state index is 13.3. The largest absolute Gasteiger partial charge is 0.334 e. The van der Waals surface area contributed by atoms with Crippen molar-refractivity contribution in [2.24, 2.45) is 0 Å². The number of benzene rings is 2. The minimum absolute atomic E-state index is 0.0386. The van der Waals surface area contributed by atoms with E-state index in [4.69, 9.17) is 11.6 Å². The monoisotopic (exact) mass is 459 g/mol. The number of carbonyl (C=O) groups is 2. The van der Waals surface area contributed by atoms with Crippen molar-refractivity contribution in [2.45, 2.75) is 19.5 Å². The number of nitrogens with one attached hydrogen (secondary N) is 2. The van der Waals surface area contributed by atoms with Gasteiger partial charge in [0, 0.05) is 36.5 Å². The van der Waals surface area contributed by atoms with Gasteiger partial charge in [-0.3, -0.25) is 4.79 Å². The topological polar surface area (TPSA) is 78.7 Å². The number of anilines is 1. The summed E-state index contributed by atoms with van der Waals surface area (Å²) in [7, 11) is 0. The number of amides is 3. The number of halogens is 1. The molecule has 7 nitrogen and oxygen atoms in total. The summed E-state index contributed by atoms with van der Waals surface area (Å²) in [5.74, 6) is -0.0386. The van der Waals surface area contributed by atoms with E-state index in [2.05, 4.69) is 27.9 Å². The molecule has 166 valence electrons. The van der Waals surface area contributed by atoms with E-state index in [0.717, 1.165) is 12.0 Å². The van der Waals surface area contributed by atoms with E-state index >= 15 is 0 Å². The average Bonchev–Trinajstić information content (AvgIpc) is 3.25. The average molecular weight is 460 g/mol. The zero-order valence-electron chi connectivity index (χ0n) is 17.8. The van der Waals surface area contributed by atoms with Gasteiger partial charge in [0.2, 0.25) is 0 Å². The summed E-state index contributed by atoms with van der Waals surface area (Å²) < 4.78 is 1.68. The lowest BCUT2D eigenvalue weighted by molar-refractivity contribution is 0.0736.